The molecule has 0 aliphatic carbocycles. The highest BCUT2D eigenvalue weighted by Crippen LogP contribution is 2.47. The number of carbonyl (C=O) groups excluding carboxylic acids is 1. The molecule has 1 aliphatic heterocycles. The maximum absolute atomic E-state index is 12.4. The molecule has 31 heavy (non-hydrogen) atoms. The van der Waals surface area contributed by atoms with Gasteiger partial charge in [0.25, 0.3) is 0 Å². The summed E-state index contributed by atoms with van der Waals surface area (Å²) in [5.74, 6) is 0.296. The number of fused-ring (bicyclic) bond motifs is 4. The number of aromatic nitrogens is 4. The quantitative estimate of drug-likeness (QED) is 0.501. The first-order valence-corrected chi connectivity index (χ1v) is 10.2. The molecule has 0 saturated heterocycles. The summed E-state index contributed by atoms with van der Waals surface area (Å²) < 4.78 is 2.15. The lowest BCUT2D eigenvalue weighted by atomic mass is 9.80. The molecule has 1 aromatic carbocycles. The minimum atomic E-state index is -0.376. The van der Waals surface area contributed by atoms with Crippen molar-refractivity contribution in [2.75, 3.05) is 5.73 Å². The van der Waals surface area contributed by atoms with Crippen molar-refractivity contribution in [1.82, 2.24) is 24.8 Å². The van der Waals surface area contributed by atoms with Gasteiger partial charge in [0.1, 0.15) is 17.8 Å². The maximum atomic E-state index is 12.4. The maximum Gasteiger partial charge on any atom is 0.246 e. The molecule has 0 unspecified atom stereocenters. The van der Waals surface area contributed by atoms with Crippen molar-refractivity contribution in [3.05, 3.63) is 60.7 Å². The van der Waals surface area contributed by atoms with Crippen LogP contribution in [-0.4, -0.2) is 31.5 Å². The van der Waals surface area contributed by atoms with Crippen molar-refractivity contribution < 1.29 is 4.79 Å². The van der Waals surface area contributed by atoms with Gasteiger partial charge in [-0.05, 0) is 19.1 Å². The number of nitrogens with one attached hydrogen (secondary N) is 1. The zero-order valence-corrected chi connectivity index (χ0v) is 17.8. The number of anilines is 1. The summed E-state index contributed by atoms with van der Waals surface area (Å²) in [4.78, 5) is 25.9. The van der Waals surface area contributed by atoms with Gasteiger partial charge in [-0.25, -0.2) is 9.97 Å². The number of rotatable bonds is 3. The molecule has 1 amide bonds. The van der Waals surface area contributed by atoms with E-state index >= 15 is 0 Å². The number of benzene rings is 1. The first kappa shape index (κ1) is 19.2. The molecule has 5 rings (SSSR count). The second-order valence-electron chi connectivity index (χ2n) is 8.74. The molecular weight excluding hydrogens is 388 g/mol. The lowest BCUT2D eigenvalue weighted by Crippen LogP contribution is -2.45. The smallest absolute Gasteiger partial charge is 0.246 e. The van der Waals surface area contributed by atoms with Gasteiger partial charge < -0.3 is 15.6 Å². The van der Waals surface area contributed by atoms with Gasteiger partial charge in [-0.3, -0.25) is 9.78 Å². The van der Waals surface area contributed by atoms with Crippen molar-refractivity contribution in [2.24, 2.45) is 0 Å². The summed E-state index contributed by atoms with van der Waals surface area (Å²) in [5, 5.41) is 5.01. The van der Waals surface area contributed by atoms with Crippen molar-refractivity contribution in [3.63, 3.8) is 0 Å². The minimum absolute atomic E-state index is 0.112. The van der Waals surface area contributed by atoms with E-state index in [9.17, 15) is 4.79 Å². The normalized spacial score (nSPS) is 17.1. The summed E-state index contributed by atoms with van der Waals surface area (Å²) in [6.07, 6.45) is 3.36. The van der Waals surface area contributed by atoms with Gasteiger partial charge in [0.15, 0.2) is 0 Å². The summed E-state index contributed by atoms with van der Waals surface area (Å²) >= 11 is 0. The van der Waals surface area contributed by atoms with Crippen LogP contribution in [0.1, 0.15) is 26.5 Å². The molecule has 3 N–H and O–H groups in total. The van der Waals surface area contributed by atoms with E-state index in [0.717, 1.165) is 38.8 Å². The molecule has 0 bridgehead atoms. The number of hydrogen-bond acceptors (Lipinski definition) is 5. The molecule has 7 heteroatoms. The number of nitrogens with two attached hydrogens (primary N) is 1. The molecule has 1 atom stereocenters. The summed E-state index contributed by atoms with van der Waals surface area (Å²) in [7, 11) is 0. The fourth-order valence-electron chi connectivity index (χ4n) is 4.61. The van der Waals surface area contributed by atoms with Gasteiger partial charge in [0.2, 0.25) is 5.91 Å². The first-order valence-electron chi connectivity index (χ1n) is 10.2. The number of para-hydroxylation sites is 1. The van der Waals surface area contributed by atoms with Crippen LogP contribution in [0.4, 0.5) is 5.82 Å². The number of nitrogens with zero attached hydrogens (tertiary/aromatic N) is 4. The summed E-state index contributed by atoms with van der Waals surface area (Å²) in [6.45, 7) is 10.4. The van der Waals surface area contributed by atoms with Gasteiger partial charge in [0, 0.05) is 45.9 Å². The summed E-state index contributed by atoms with van der Waals surface area (Å²) in [6, 6.07) is 10.0. The van der Waals surface area contributed by atoms with E-state index in [-0.39, 0.29) is 17.4 Å². The zero-order valence-electron chi connectivity index (χ0n) is 17.8. The molecule has 0 radical (unpaired) electrons. The van der Waals surface area contributed by atoms with Crippen LogP contribution in [0.2, 0.25) is 0 Å². The van der Waals surface area contributed by atoms with Gasteiger partial charge in [-0.2, -0.15) is 0 Å². The third-order valence-electron chi connectivity index (χ3n) is 6.29. The molecular formula is C24H24N6O. The van der Waals surface area contributed by atoms with Crippen molar-refractivity contribution in [2.45, 2.75) is 38.8 Å². The third kappa shape index (κ3) is 2.80. The van der Waals surface area contributed by atoms with E-state index in [4.69, 9.17) is 5.73 Å². The number of amides is 1. The van der Waals surface area contributed by atoms with E-state index in [1.54, 1.807) is 6.92 Å². The highest BCUT2D eigenvalue weighted by atomic mass is 16.1. The Morgan fingerprint density at radius 3 is 2.81 bits per heavy atom. The molecule has 7 nitrogen and oxygen atoms in total. The van der Waals surface area contributed by atoms with E-state index in [1.165, 1.54) is 6.33 Å². The lowest BCUT2D eigenvalue weighted by molar-refractivity contribution is -0.118. The van der Waals surface area contributed by atoms with Gasteiger partial charge in [-0.1, -0.05) is 38.6 Å². The second kappa shape index (κ2) is 6.63. The van der Waals surface area contributed by atoms with E-state index in [0.29, 0.717) is 17.9 Å². The van der Waals surface area contributed by atoms with E-state index in [2.05, 4.69) is 51.3 Å². The fraction of sp³-hybridized carbons (Fsp3) is 0.250. The number of hydrogen-bond donors (Lipinski definition) is 2. The van der Waals surface area contributed by atoms with Crippen LogP contribution in [0.25, 0.3) is 33.1 Å². The highest BCUT2D eigenvalue weighted by molar-refractivity contribution is 6.04. The fourth-order valence-corrected chi connectivity index (χ4v) is 4.61. The number of carbonyl (C=O) groups is 1. The Labute approximate surface area is 180 Å². The van der Waals surface area contributed by atoms with Crippen LogP contribution in [0, 0.1) is 0 Å². The van der Waals surface area contributed by atoms with Gasteiger partial charge in [0.05, 0.1) is 16.9 Å². The molecule has 3 aromatic heterocycles. The highest BCUT2D eigenvalue weighted by Gasteiger charge is 2.45. The summed E-state index contributed by atoms with van der Waals surface area (Å²) in [5.41, 5.74) is 11.2. The van der Waals surface area contributed by atoms with Crippen LogP contribution in [0.15, 0.2) is 55.0 Å². The van der Waals surface area contributed by atoms with Crippen LogP contribution < -0.4 is 11.1 Å². The Kier molecular flexibility index (Phi) is 4.12. The molecule has 4 heterocycles. The van der Waals surface area contributed by atoms with Gasteiger partial charge >= 0.3 is 0 Å². The van der Waals surface area contributed by atoms with Crippen molar-refractivity contribution in [1.29, 1.82) is 0 Å². The van der Waals surface area contributed by atoms with Crippen molar-refractivity contribution >= 4 is 33.7 Å². The van der Waals surface area contributed by atoms with Crippen LogP contribution in [-0.2, 0) is 16.8 Å². The molecule has 156 valence electrons. The lowest BCUT2D eigenvalue weighted by Gasteiger charge is -2.28. The standard InChI is InChI=1S/C24H24N6O/c1-13(2)23(31)29-17-11-30-20(24(17,3)4)18(19-21(25)27-12-28-22(19)30)15-9-14-7-5-6-8-16(14)26-10-15/h5-10,12,17H,1,11H2,2-4H3,(H,29,31)(H2,25,27,28)/t17-/m1/s1. The molecule has 1 aliphatic rings. The zero-order chi connectivity index (χ0) is 21.9. The van der Waals surface area contributed by atoms with E-state index in [1.807, 2.05) is 30.5 Å². The Hall–Kier alpha value is -3.74. The van der Waals surface area contributed by atoms with Crippen LogP contribution in [0.3, 0.4) is 0 Å². The largest absolute Gasteiger partial charge is 0.383 e. The Morgan fingerprint density at radius 1 is 1.26 bits per heavy atom. The van der Waals surface area contributed by atoms with E-state index < -0.39 is 0 Å². The first-order chi connectivity index (χ1) is 14.8. The molecule has 0 fully saturated rings. The number of nitrogen functional groups attached to an aromatic ring is 1. The monoisotopic (exact) mass is 412 g/mol. The Morgan fingerprint density at radius 2 is 2.03 bits per heavy atom. The molecule has 0 spiro atoms. The predicted molar refractivity (Wildman–Crippen MR) is 122 cm³/mol. The average Bonchev–Trinajstić information content (AvgIpc) is 3.21. The van der Waals surface area contributed by atoms with Gasteiger partial charge in [-0.15, -0.1) is 0 Å². The topological polar surface area (TPSA) is 98.7 Å². The molecule has 4 aromatic rings. The molecule has 0 saturated carbocycles. The Bertz CT molecular complexity index is 1380. The second-order valence-corrected chi connectivity index (χ2v) is 8.74. The van der Waals surface area contributed by atoms with Crippen LogP contribution >= 0.6 is 0 Å². The third-order valence-corrected chi connectivity index (χ3v) is 6.29. The number of pyridine rings is 1. The van der Waals surface area contributed by atoms with Crippen LogP contribution in [0.5, 0.6) is 0 Å². The predicted octanol–water partition coefficient (Wildman–Crippen LogP) is 3.58. The Balaban J connectivity index is 1.77. The minimum Gasteiger partial charge on any atom is -0.383 e. The SMILES string of the molecule is C=C(C)C(=O)N[C@@H]1Cn2c(c(-c3cnc4ccccc4c3)c3c(N)ncnc32)C1(C)C. The van der Waals surface area contributed by atoms with Crippen molar-refractivity contribution in [3.8, 4) is 11.1 Å². The average molecular weight is 412 g/mol.